The zero-order valence-corrected chi connectivity index (χ0v) is 16.9. The number of ether oxygens (including phenoxy) is 2. The smallest absolute Gasteiger partial charge is 0.339 e. The zero-order chi connectivity index (χ0) is 21.0. The van der Waals surface area contributed by atoms with Crippen LogP contribution in [0, 0.1) is 13.8 Å². The van der Waals surface area contributed by atoms with E-state index in [0.717, 1.165) is 11.3 Å². The molecule has 0 saturated heterocycles. The molecule has 0 spiro atoms. The summed E-state index contributed by atoms with van der Waals surface area (Å²) in [5, 5.41) is 6.87. The number of anilines is 1. The third kappa shape index (κ3) is 4.75. The van der Waals surface area contributed by atoms with Gasteiger partial charge in [0.25, 0.3) is 5.91 Å². The van der Waals surface area contributed by atoms with Crippen molar-refractivity contribution in [3.63, 3.8) is 0 Å². The number of amides is 1. The van der Waals surface area contributed by atoms with Crippen molar-refractivity contribution in [2.24, 2.45) is 0 Å². The molecule has 1 aromatic heterocycles. The first-order valence-electron chi connectivity index (χ1n) is 8.73. The molecule has 0 bridgehead atoms. The Morgan fingerprint density at radius 3 is 2.66 bits per heavy atom. The Bertz CT molecular complexity index is 1040. The Labute approximate surface area is 172 Å². The molecule has 1 N–H and O–H groups in total. The highest BCUT2D eigenvalue weighted by Crippen LogP contribution is 2.23. The van der Waals surface area contributed by atoms with Gasteiger partial charge < -0.3 is 19.3 Å². The van der Waals surface area contributed by atoms with E-state index >= 15 is 0 Å². The molecule has 2 aromatic carbocycles. The number of esters is 1. The summed E-state index contributed by atoms with van der Waals surface area (Å²) in [5.74, 6) is 0.288. The molecule has 3 rings (SSSR count). The van der Waals surface area contributed by atoms with Crippen LogP contribution in [0.2, 0.25) is 5.02 Å². The van der Waals surface area contributed by atoms with Gasteiger partial charge in [-0.1, -0.05) is 22.8 Å². The Morgan fingerprint density at radius 2 is 1.97 bits per heavy atom. The van der Waals surface area contributed by atoms with E-state index in [-0.39, 0.29) is 23.1 Å². The van der Waals surface area contributed by atoms with E-state index in [4.69, 9.17) is 20.9 Å². The maximum absolute atomic E-state index is 12.6. The second-order valence-electron chi connectivity index (χ2n) is 6.26. The molecule has 0 aliphatic heterocycles. The highest BCUT2D eigenvalue weighted by atomic mass is 35.5. The molecule has 1 amide bonds. The fraction of sp³-hybridized carbons (Fsp3) is 0.190. The van der Waals surface area contributed by atoms with Crippen LogP contribution in [0.1, 0.15) is 37.7 Å². The van der Waals surface area contributed by atoms with Crippen LogP contribution in [0.25, 0.3) is 0 Å². The van der Waals surface area contributed by atoms with Crippen LogP contribution < -0.4 is 10.1 Å². The summed E-state index contributed by atoms with van der Waals surface area (Å²) in [5.41, 5.74) is 2.62. The van der Waals surface area contributed by atoms with Gasteiger partial charge in [0.15, 0.2) is 0 Å². The van der Waals surface area contributed by atoms with Gasteiger partial charge in [-0.15, -0.1) is 0 Å². The lowest BCUT2D eigenvalue weighted by Gasteiger charge is -2.10. The van der Waals surface area contributed by atoms with E-state index in [9.17, 15) is 9.59 Å². The molecule has 8 heteroatoms. The minimum absolute atomic E-state index is 0.170. The summed E-state index contributed by atoms with van der Waals surface area (Å²) in [6.07, 6.45) is 0. The largest absolute Gasteiger partial charge is 0.489 e. The van der Waals surface area contributed by atoms with Gasteiger partial charge in [0.1, 0.15) is 18.1 Å². The fourth-order valence-corrected chi connectivity index (χ4v) is 2.86. The second-order valence-corrected chi connectivity index (χ2v) is 6.67. The Morgan fingerprint density at radius 1 is 1.17 bits per heavy atom. The average Bonchev–Trinajstić information content (AvgIpc) is 3.05. The molecule has 0 atom stereocenters. The van der Waals surface area contributed by atoms with Gasteiger partial charge in [-0.2, -0.15) is 0 Å². The fourth-order valence-electron chi connectivity index (χ4n) is 2.66. The monoisotopic (exact) mass is 414 g/mol. The normalized spacial score (nSPS) is 10.5. The summed E-state index contributed by atoms with van der Waals surface area (Å²) in [6, 6.07) is 11.4. The van der Waals surface area contributed by atoms with Gasteiger partial charge in [0.05, 0.1) is 29.0 Å². The molecule has 1 heterocycles. The van der Waals surface area contributed by atoms with Gasteiger partial charge >= 0.3 is 5.97 Å². The van der Waals surface area contributed by atoms with E-state index in [1.807, 2.05) is 13.8 Å². The van der Waals surface area contributed by atoms with Crippen LogP contribution in [0.4, 0.5) is 5.69 Å². The summed E-state index contributed by atoms with van der Waals surface area (Å²) in [4.78, 5) is 24.4. The van der Waals surface area contributed by atoms with Crippen molar-refractivity contribution < 1.29 is 23.6 Å². The molecule has 150 valence electrons. The van der Waals surface area contributed by atoms with Gasteiger partial charge in [0, 0.05) is 11.3 Å². The highest BCUT2D eigenvalue weighted by Gasteiger charge is 2.14. The standard InChI is InChI=1S/C21H19ClN2O5/c1-12-18(13(2)29-24-12)11-28-16-6-4-5-14(9-16)20(25)23-15-7-8-19(22)17(10-15)21(26)27-3/h4-10H,11H2,1-3H3,(H,23,25). The van der Waals surface area contributed by atoms with Crippen LogP contribution >= 0.6 is 11.6 Å². The van der Waals surface area contributed by atoms with Gasteiger partial charge in [-0.3, -0.25) is 4.79 Å². The van der Waals surface area contributed by atoms with Crippen molar-refractivity contribution in [2.45, 2.75) is 20.5 Å². The van der Waals surface area contributed by atoms with E-state index in [0.29, 0.717) is 22.8 Å². The van der Waals surface area contributed by atoms with Crippen LogP contribution in [0.5, 0.6) is 5.75 Å². The van der Waals surface area contributed by atoms with E-state index in [1.54, 1.807) is 30.3 Å². The van der Waals surface area contributed by atoms with Crippen molar-refractivity contribution >= 4 is 29.2 Å². The van der Waals surface area contributed by atoms with Crippen molar-refractivity contribution in [3.8, 4) is 5.75 Å². The zero-order valence-electron chi connectivity index (χ0n) is 16.1. The van der Waals surface area contributed by atoms with Gasteiger partial charge in [-0.25, -0.2) is 4.79 Å². The lowest BCUT2D eigenvalue weighted by molar-refractivity contribution is 0.0600. The maximum atomic E-state index is 12.6. The number of carbonyl (C=O) groups excluding carboxylic acids is 2. The number of aromatic nitrogens is 1. The number of methoxy groups -OCH3 is 1. The number of halogens is 1. The first-order chi connectivity index (χ1) is 13.9. The molecule has 29 heavy (non-hydrogen) atoms. The topological polar surface area (TPSA) is 90.7 Å². The number of hydrogen-bond acceptors (Lipinski definition) is 6. The SMILES string of the molecule is COC(=O)c1cc(NC(=O)c2cccc(OCc3c(C)noc3C)c2)ccc1Cl. The minimum Gasteiger partial charge on any atom is -0.489 e. The molecule has 0 radical (unpaired) electrons. The molecule has 3 aromatic rings. The number of hydrogen-bond donors (Lipinski definition) is 1. The summed E-state index contributed by atoms with van der Waals surface area (Å²) in [7, 11) is 1.26. The van der Waals surface area contributed by atoms with Crippen LogP contribution in [-0.2, 0) is 11.3 Å². The van der Waals surface area contributed by atoms with Crippen molar-refractivity contribution in [2.75, 3.05) is 12.4 Å². The van der Waals surface area contributed by atoms with Crippen LogP contribution in [0.15, 0.2) is 47.0 Å². The van der Waals surface area contributed by atoms with E-state index in [1.165, 1.54) is 19.2 Å². The summed E-state index contributed by atoms with van der Waals surface area (Å²) in [6.45, 7) is 3.94. The Hall–Kier alpha value is -3.32. The number of aryl methyl sites for hydroxylation is 2. The number of rotatable bonds is 6. The second kappa shape index (κ2) is 8.79. The van der Waals surface area contributed by atoms with Gasteiger partial charge in [-0.05, 0) is 50.2 Å². The lowest BCUT2D eigenvalue weighted by Crippen LogP contribution is -2.13. The quantitative estimate of drug-likeness (QED) is 0.594. The number of nitrogens with one attached hydrogen (secondary N) is 1. The molecule has 0 aliphatic carbocycles. The Balaban J connectivity index is 1.72. The van der Waals surface area contributed by atoms with E-state index < -0.39 is 5.97 Å². The third-order valence-corrected chi connectivity index (χ3v) is 4.62. The van der Waals surface area contributed by atoms with E-state index in [2.05, 4.69) is 15.2 Å². The third-order valence-electron chi connectivity index (χ3n) is 4.29. The molecule has 0 unspecified atom stereocenters. The Kier molecular flexibility index (Phi) is 6.19. The summed E-state index contributed by atoms with van der Waals surface area (Å²) >= 11 is 6.00. The molecule has 0 fully saturated rings. The predicted molar refractivity (Wildman–Crippen MR) is 107 cm³/mol. The molecule has 0 saturated carbocycles. The van der Waals surface area contributed by atoms with Gasteiger partial charge in [0.2, 0.25) is 0 Å². The lowest BCUT2D eigenvalue weighted by atomic mass is 10.1. The molecular weight excluding hydrogens is 396 g/mol. The maximum Gasteiger partial charge on any atom is 0.339 e. The number of benzene rings is 2. The summed E-state index contributed by atoms with van der Waals surface area (Å²) < 4.78 is 15.6. The minimum atomic E-state index is -0.583. The molecular formula is C21H19ClN2O5. The predicted octanol–water partition coefficient (Wildman–Crippen LogP) is 4.56. The van der Waals surface area contributed by atoms with Crippen LogP contribution in [0.3, 0.4) is 0 Å². The first-order valence-corrected chi connectivity index (χ1v) is 9.10. The average molecular weight is 415 g/mol. The number of carbonyl (C=O) groups is 2. The first kappa shape index (κ1) is 20.4. The van der Waals surface area contributed by atoms with Crippen molar-refractivity contribution in [1.82, 2.24) is 5.16 Å². The van der Waals surface area contributed by atoms with Crippen molar-refractivity contribution in [1.29, 1.82) is 0 Å². The van der Waals surface area contributed by atoms with Crippen molar-refractivity contribution in [3.05, 3.63) is 75.6 Å². The molecule has 0 aliphatic rings. The highest BCUT2D eigenvalue weighted by molar-refractivity contribution is 6.33. The molecule has 7 nitrogen and oxygen atoms in total. The van der Waals surface area contributed by atoms with Crippen LogP contribution in [-0.4, -0.2) is 24.1 Å². The number of nitrogens with zero attached hydrogens (tertiary/aromatic N) is 1.